The van der Waals surface area contributed by atoms with Gasteiger partial charge in [0.25, 0.3) is 5.56 Å². The van der Waals surface area contributed by atoms with Gasteiger partial charge in [0.1, 0.15) is 5.76 Å². The van der Waals surface area contributed by atoms with Crippen LogP contribution >= 0.6 is 0 Å². The smallest absolute Gasteiger partial charge is 0.306 e. The number of aromatic nitrogens is 1. The molecular formula is C25H32N2O6. The first-order chi connectivity index (χ1) is 15.7. The lowest BCUT2D eigenvalue weighted by molar-refractivity contribution is -0.141. The van der Waals surface area contributed by atoms with Gasteiger partial charge in [0.15, 0.2) is 5.76 Å². The topological polar surface area (TPSA) is 102 Å². The van der Waals surface area contributed by atoms with E-state index in [4.69, 9.17) is 9.15 Å². The van der Waals surface area contributed by atoms with Crippen LogP contribution in [0.25, 0.3) is 0 Å². The zero-order chi connectivity index (χ0) is 23.7. The van der Waals surface area contributed by atoms with E-state index >= 15 is 0 Å². The Labute approximate surface area is 192 Å². The SMILES string of the molecule is COC(=O)C[C@H](CC(C)C)c1oc(CN2C[C@@H]3C[C@H](C2)c2cccc(=O)n2C3)cc(=O)c1O. The van der Waals surface area contributed by atoms with Crippen LogP contribution in [0.5, 0.6) is 5.75 Å². The second-order valence-corrected chi connectivity index (χ2v) is 9.79. The quantitative estimate of drug-likeness (QED) is 0.639. The van der Waals surface area contributed by atoms with E-state index in [2.05, 4.69) is 4.90 Å². The number of nitrogens with zero attached hydrogens (tertiary/aromatic N) is 2. The van der Waals surface area contributed by atoms with Gasteiger partial charge in [-0.2, -0.15) is 0 Å². The normalized spacial score (nSPS) is 21.0. The Morgan fingerprint density at radius 2 is 2.03 bits per heavy atom. The van der Waals surface area contributed by atoms with Gasteiger partial charge >= 0.3 is 5.97 Å². The molecule has 3 atom stereocenters. The van der Waals surface area contributed by atoms with Crippen LogP contribution in [0.4, 0.5) is 0 Å². The van der Waals surface area contributed by atoms with Crippen molar-refractivity contribution in [2.75, 3.05) is 20.2 Å². The van der Waals surface area contributed by atoms with Gasteiger partial charge in [-0.3, -0.25) is 19.3 Å². The first-order valence-corrected chi connectivity index (χ1v) is 11.6. The fourth-order valence-corrected chi connectivity index (χ4v) is 5.39. The molecule has 2 aliphatic rings. The Morgan fingerprint density at radius 1 is 1.24 bits per heavy atom. The lowest BCUT2D eigenvalue weighted by Gasteiger charge is -2.42. The molecule has 0 saturated carbocycles. The fraction of sp³-hybridized carbons (Fsp3) is 0.560. The van der Waals surface area contributed by atoms with Gasteiger partial charge in [-0.05, 0) is 30.7 Å². The van der Waals surface area contributed by atoms with Crippen LogP contribution in [-0.2, 0) is 22.6 Å². The number of methoxy groups -OCH3 is 1. The van der Waals surface area contributed by atoms with Gasteiger partial charge in [-0.25, -0.2) is 0 Å². The van der Waals surface area contributed by atoms with E-state index in [-0.39, 0.29) is 29.6 Å². The molecule has 2 aromatic rings. The molecule has 1 fully saturated rings. The summed E-state index contributed by atoms with van der Waals surface area (Å²) in [6.07, 6.45) is 1.66. The molecule has 8 heteroatoms. The number of esters is 1. The number of ether oxygens (including phenoxy) is 1. The van der Waals surface area contributed by atoms with Crippen molar-refractivity contribution in [1.29, 1.82) is 0 Å². The summed E-state index contributed by atoms with van der Waals surface area (Å²) < 4.78 is 12.8. The van der Waals surface area contributed by atoms with Crippen molar-refractivity contribution in [2.45, 2.75) is 58.0 Å². The molecular weight excluding hydrogens is 424 g/mol. The Kier molecular flexibility index (Phi) is 6.74. The van der Waals surface area contributed by atoms with E-state index < -0.39 is 23.1 Å². The number of hydrogen-bond donors (Lipinski definition) is 1. The van der Waals surface area contributed by atoms with Crippen molar-refractivity contribution < 1.29 is 19.1 Å². The number of piperidine rings is 1. The van der Waals surface area contributed by atoms with E-state index in [1.807, 2.05) is 30.5 Å². The average Bonchev–Trinajstić information content (AvgIpc) is 2.76. The molecule has 4 heterocycles. The summed E-state index contributed by atoms with van der Waals surface area (Å²) >= 11 is 0. The summed E-state index contributed by atoms with van der Waals surface area (Å²) in [5, 5.41) is 10.5. The molecule has 33 heavy (non-hydrogen) atoms. The standard InChI is InChI=1S/C25H32N2O6/c1-15(2)7-17(9-23(30)32-3)25-24(31)21(28)10-19(33-25)14-26-11-16-8-18(13-26)20-5-4-6-22(29)27(20)12-16/h4-6,10,15-18,31H,7-9,11-14H2,1-3H3/t16-,17-,18+/m0/s1. The highest BCUT2D eigenvalue weighted by Crippen LogP contribution is 2.36. The van der Waals surface area contributed by atoms with Crippen molar-refractivity contribution in [3.05, 3.63) is 62.1 Å². The summed E-state index contributed by atoms with van der Waals surface area (Å²) in [6.45, 7) is 6.71. The minimum atomic E-state index is -0.501. The monoisotopic (exact) mass is 456 g/mol. The first kappa shape index (κ1) is 23.3. The predicted molar refractivity (Wildman–Crippen MR) is 122 cm³/mol. The Morgan fingerprint density at radius 3 is 2.76 bits per heavy atom. The Hall–Kier alpha value is -2.87. The molecule has 2 bridgehead atoms. The number of hydrogen-bond acceptors (Lipinski definition) is 7. The number of fused-ring (bicyclic) bond motifs is 4. The summed E-state index contributed by atoms with van der Waals surface area (Å²) in [5.41, 5.74) is 0.608. The highest BCUT2D eigenvalue weighted by atomic mass is 16.5. The number of carbonyl (C=O) groups is 1. The van der Waals surface area contributed by atoms with E-state index in [9.17, 15) is 19.5 Å². The third-order valence-electron chi connectivity index (χ3n) is 6.70. The van der Waals surface area contributed by atoms with Crippen molar-refractivity contribution in [2.24, 2.45) is 11.8 Å². The molecule has 2 aromatic heterocycles. The van der Waals surface area contributed by atoms with E-state index in [1.165, 1.54) is 13.2 Å². The molecule has 178 valence electrons. The minimum absolute atomic E-state index is 0.0357. The molecule has 1 N–H and O–H groups in total. The van der Waals surface area contributed by atoms with E-state index in [0.29, 0.717) is 31.2 Å². The van der Waals surface area contributed by atoms with Gasteiger partial charge in [0.05, 0.1) is 20.1 Å². The Bertz CT molecular complexity index is 1130. The molecule has 2 aliphatic heterocycles. The highest BCUT2D eigenvalue weighted by molar-refractivity contribution is 5.70. The maximum Gasteiger partial charge on any atom is 0.306 e. The molecule has 0 radical (unpaired) electrons. The van der Waals surface area contributed by atoms with Crippen LogP contribution in [0.1, 0.15) is 62.2 Å². The maximum absolute atomic E-state index is 12.6. The first-order valence-electron chi connectivity index (χ1n) is 11.6. The Balaban J connectivity index is 1.58. The summed E-state index contributed by atoms with van der Waals surface area (Å²) in [5.74, 6) is 0.184. The van der Waals surface area contributed by atoms with Crippen molar-refractivity contribution >= 4 is 5.97 Å². The van der Waals surface area contributed by atoms with Crippen LogP contribution in [-0.4, -0.2) is 40.7 Å². The molecule has 0 aliphatic carbocycles. The van der Waals surface area contributed by atoms with Crippen LogP contribution < -0.4 is 11.0 Å². The highest BCUT2D eigenvalue weighted by Gasteiger charge is 2.35. The molecule has 8 nitrogen and oxygen atoms in total. The largest absolute Gasteiger partial charge is 0.502 e. The van der Waals surface area contributed by atoms with Crippen LogP contribution in [0, 0.1) is 11.8 Å². The molecule has 0 spiro atoms. The molecule has 0 amide bonds. The lowest BCUT2D eigenvalue weighted by Crippen LogP contribution is -2.46. The molecule has 0 aromatic carbocycles. The van der Waals surface area contributed by atoms with Crippen LogP contribution in [0.2, 0.25) is 0 Å². The van der Waals surface area contributed by atoms with E-state index in [0.717, 1.165) is 25.2 Å². The number of pyridine rings is 1. The number of rotatable bonds is 7. The predicted octanol–water partition coefficient (Wildman–Crippen LogP) is 2.82. The summed E-state index contributed by atoms with van der Waals surface area (Å²) in [6, 6.07) is 6.78. The number of aromatic hydroxyl groups is 1. The number of carbonyl (C=O) groups excluding carboxylic acids is 1. The zero-order valence-corrected chi connectivity index (χ0v) is 19.5. The lowest BCUT2D eigenvalue weighted by atomic mass is 9.83. The average molecular weight is 457 g/mol. The summed E-state index contributed by atoms with van der Waals surface area (Å²) in [4.78, 5) is 39.0. The van der Waals surface area contributed by atoms with Crippen molar-refractivity contribution in [1.82, 2.24) is 9.47 Å². The van der Waals surface area contributed by atoms with Gasteiger partial charge < -0.3 is 18.8 Å². The molecule has 4 rings (SSSR count). The maximum atomic E-state index is 12.6. The van der Waals surface area contributed by atoms with Crippen LogP contribution in [0.3, 0.4) is 0 Å². The van der Waals surface area contributed by atoms with Crippen molar-refractivity contribution in [3.63, 3.8) is 0 Å². The van der Waals surface area contributed by atoms with E-state index in [1.54, 1.807) is 6.07 Å². The van der Waals surface area contributed by atoms with Crippen molar-refractivity contribution in [3.8, 4) is 5.75 Å². The van der Waals surface area contributed by atoms with Crippen LogP contribution in [0.15, 0.2) is 38.3 Å². The third kappa shape index (κ3) is 5.05. The second kappa shape index (κ2) is 9.55. The fourth-order valence-electron chi connectivity index (χ4n) is 5.39. The molecule has 0 unspecified atom stereocenters. The third-order valence-corrected chi connectivity index (χ3v) is 6.70. The van der Waals surface area contributed by atoms with Gasteiger partial charge in [-0.15, -0.1) is 0 Å². The summed E-state index contributed by atoms with van der Waals surface area (Å²) in [7, 11) is 1.32. The number of likely N-dealkylation sites (tertiary alicyclic amines) is 1. The van der Waals surface area contributed by atoms with Gasteiger partial charge in [0, 0.05) is 49.3 Å². The van der Waals surface area contributed by atoms with Gasteiger partial charge in [-0.1, -0.05) is 19.9 Å². The minimum Gasteiger partial charge on any atom is -0.502 e. The van der Waals surface area contributed by atoms with Gasteiger partial charge in [0.2, 0.25) is 11.2 Å². The zero-order valence-electron chi connectivity index (χ0n) is 19.5. The molecule has 1 saturated heterocycles. The second-order valence-electron chi connectivity index (χ2n) is 9.79.